The molecule has 7 nitrogen and oxygen atoms in total. The molecule has 0 amide bonds. The third-order valence-electron chi connectivity index (χ3n) is 4.57. The first-order valence-electron chi connectivity index (χ1n) is 8.55. The number of aryl methyl sites for hydroxylation is 1. The lowest BCUT2D eigenvalue weighted by Gasteiger charge is -2.26. The molecule has 3 heterocycles. The average molecular weight is 464 g/mol. The first kappa shape index (κ1) is 18.8. The minimum absolute atomic E-state index is 0.0622. The van der Waals surface area contributed by atoms with Crippen LogP contribution in [0.25, 0.3) is 10.9 Å². The van der Waals surface area contributed by atoms with Crippen molar-refractivity contribution in [2.75, 3.05) is 6.61 Å². The number of rotatable bonds is 3. The maximum Gasteiger partial charge on any atom is 0.340 e. The Hall–Kier alpha value is -2.58. The van der Waals surface area contributed by atoms with Crippen LogP contribution in [0.5, 0.6) is 5.88 Å². The molecular weight excluding hydrogens is 448 g/mol. The number of aromatic amines is 1. The van der Waals surface area contributed by atoms with Gasteiger partial charge in [-0.2, -0.15) is 0 Å². The highest BCUT2D eigenvalue weighted by Gasteiger charge is 2.39. The second kappa shape index (κ2) is 7.10. The Labute approximate surface area is 174 Å². The number of nitrogens with one attached hydrogen (secondary N) is 1. The molecule has 144 valence electrons. The van der Waals surface area contributed by atoms with E-state index in [0.717, 1.165) is 21.1 Å². The van der Waals surface area contributed by atoms with Gasteiger partial charge in [0.1, 0.15) is 10.7 Å². The lowest BCUT2D eigenvalue weighted by atomic mass is 9.84. The van der Waals surface area contributed by atoms with Crippen molar-refractivity contribution in [2.24, 2.45) is 5.73 Å². The first-order valence-corrected chi connectivity index (χ1v) is 9.73. The molecule has 0 spiro atoms. The summed E-state index contributed by atoms with van der Waals surface area (Å²) in [6.07, 6.45) is 0. The Morgan fingerprint density at radius 2 is 2.21 bits per heavy atom. The summed E-state index contributed by atoms with van der Waals surface area (Å²) in [5.74, 6) is -0.946. The molecule has 9 heteroatoms. The van der Waals surface area contributed by atoms with Crippen molar-refractivity contribution < 1.29 is 14.3 Å². The third-order valence-corrected chi connectivity index (χ3v) is 5.37. The van der Waals surface area contributed by atoms with Gasteiger partial charge in [-0.3, -0.25) is 5.10 Å². The Kier molecular flexibility index (Phi) is 4.76. The molecule has 1 atom stereocenters. The van der Waals surface area contributed by atoms with Crippen LogP contribution in [0.1, 0.15) is 29.7 Å². The summed E-state index contributed by atoms with van der Waals surface area (Å²) in [5, 5.41) is 8.15. The SMILES string of the molecule is CCOC(=O)C1=C(N)Oc2n[nH]c(C)c2C1c1cc2cc(Br)ccc2nc1Cl. The molecule has 1 aromatic carbocycles. The van der Waals surface area contributed by atoms with Crippen molar-refractivity contribution >= 4 is 44.4 Å². The predicted octanol–water partition coefficient (Wildman–Crippen LogP) is 3.94. The number of carbonyl (C=O) groups is 1. The molecule has 3 aromatic rings. The Balaban J connectivity index is 1.99. The maximum absolute atomic E-state index is 12.7. The summed E-state index contributed by atoms with van der Waals surface area (Å²) in [6, 6.07) is 7.58. The van der Waals surface area contributed by atoms with Gasteiger partial charge in [0.05, 0.1) is 18.0 Å². The van der Waals surface area contributed by atoms with E-state index < -0.39 is 11.9 Å². The summed E-state index contributed by atoms with van der Waals surface area (Å²) in [6.45, 7) is 3.77. The molecule has 1 unspecified atom stereocenters. The van der Waals surface area contributed by atoms with E-state index >= 15 is 0 Å². The quantitative estimate of drug-likeness (QED) is 0.450. The van der Waals surface area contributed by atoms with Crippen LogP contribution in [0.3, 0.4) is 0 Å². The third kappa shape index (κ3) is 3.02. The second-order valence-electron chi connectivity index (χ2n) is 6.31. The molecule has 4 rings (SSSR count). The Morgan fingerprint density at radius 3 is 2.96 bits per heavy atom. The van der Waals surface area contributed by atoms with Crippen molar-refractivity contribution in [3.63, 3.8) is 0 Å². The van der Waals surface area contributed by atoms with E-state index in [1.54, 1.807) is 6.92 Å². The molecule has 2 aromatic heterocycles. The van der Waals surface area contributed by atoms with Gasteiger partial charge in [0.2, 0.25) is 11.8 Å². The van der Waals surface area contributed by atoms with Gasteiger partial charge in [-0.05, 0) is 38.1 Å². The summed E-state index contributed by atoms with van der Waals surface area (Å²) in [7, 11) is 0. The zero-order valence-corrected chi connectivity index (χ0v) is 17.4. The van der Waals surface area contributed by atoms with Gasteiger partial charge >= 0.3 is 5.97 Å². The smallest absolute Gasteiger partial charge is 0.340 e. The van der Waals surface area contributed by atoms with Gasteiger partial charge in [-0.25, -0.2) is 9.78 Å². The highest BCUT2D eigenvalue weighted by Crippen LogP contribution is 2.45. The zero-order chi connectivity index (χ0) is 20.0. The summed E-state index contributed by atoms with van der Waals surface area (Å²) in [5.41, 5.74) is 9.03. The summed E-state index contributed by atoms with van der Waals surface area (Å²) >= 11 is 10.0. The number of ether oxygens (including phenoxy) is 2. The molecule has 0 bridgehead atoms. The molecule has 0 saturated heterocycles. The molecular formula is C19H16BrClN4O3. The highest BCUT2D eigenvalue weighted by atomic mass is 79.9. The van der Waals surface area contributed by atoms with Gasteiger partial charge in [0.25, 0.3) is 0 Å². The number of fused-ring (bicyclic) bond motifs is 2. The number of hydrogen-bond donors (Lipinski definition) is 2. The van der Waals surface area contributed by atoms with Crippen LogP contribution in [0.4, 0.5) is 0 Å². The topological polar surface area (TPSA) is 103 Å². The molecule has 0 aliphatic carbocycles. The van der Waals surface area contributed by atoms with E-state index in [0.29, 0.717) is 17.0 Å². The monoisotopic (exact) mass is 462 g/mol. The number of halogens is 2. The van der Waals surface area contributed by atoms with Crippen LogP contribution in [0, 0.1) is 6.92 Å². The van der Waals surface area contributed by atoms with Gasteiger partial charge in [0, 0.05) is 26.7 Å². The Bertz CT molecular complexity index is 1140. The van der Waals surface area contributed by atoms with Crippen molar-refractivity contribution in [3.05, 3.63) is 62.2 Å². The highest BCUT2D eigenvalue weighted by molar-refractivity contribution is 9.10. The zero-order valence-electron chi connectivity index (χ0n) is 15.0. The lowest BCUT2D eigenvalue weighted by molar-refractivity contribution is -0.139. The number of benzene rings is 1. The minimum atomic E-state index is -0.620. The number of nitrogens with two attached hydrogens (primary N) is 1. The number of hydrogen-bond acceptors (Lipinski definition) is 6. The number of aromatic nitrogens is 3. The van der Waals surface area contributed by atoms with Crippen molar-refractivity contribution in [2.45, 2.75) is 19.8 Å². The van der Waals surface area contributed by atoms with Crippen LogP contribution < -0.4 is 10.5 Å². The molecule has 1 aliphatic heterocycles. The van der Waals surface area contributed by atoms with Crippen LogP contribution in [-0.4, -0.2) is 27.8 Å². The van der Waals surface area contributed by atoms with Crippen LogP contribution in [-0.2, 0) is 9.53 Å². The number of nitrogens with zero attached hydrogens (tertiary/aromatic N) is 2. The van der Waals surface area contributed by atoms with Crippen LogP contribution in [0.15, 0.2) is 40.2 Å². The first-order chi connectivity index (χ1) is 13.4. The van der Waals surface area contributed by atoms with E-state index in [4.69, 9.17) is 26.8 Å². The largest absolute Gasteiger partial charge is 0.462 e. The number of carbonyl (C=O) groups excluding carboxylic acids is 1. The average Bonchev–Trinajstić information content (AvgIpc) is 3.01. The van der Waals surface area contributed by atoms with Gasteiger partial charge in [-0.15, -0.1) is 5.10 Å². The minimum Gasteiger partial charge on any atom is -0.462 e. The molecule has 3 N–H and O–H groups in total. The van der Waals surface area contributed by atoms with Crippen molar-refractivity contribution in [1.82, 2.24) is 15.2 Å². The van der Waals surface area contributed by atoms with E-state index in [1.165, 1.54) is 0 Å². The summed E-state index contributed by atoms with van der Waals surface area (Å²) in [4.78, 5) is 17.2. The molecule has 28 heavy (non-hydrogen) atoms. The maximum atomic E-state index is 12.7. The van der Waals surface area contributed by atoms with E-state index in [9.17, 15) is 4.79 Å². The van der Waals surface area contributed by atoms with Gasteiger partial charge in [-0.1, -0.05) is 27.5 Å². The van der Waals surface area contributed by atoms with Crippen molar-refractivity contribution in [1.29, 1.82) is 0 Å². The summed E-state index contributed by atoms with van der Waals surface area (Å²) < 4.78 is 11.7. The standard InChI is InChI=1S/C19H16BrClN4O3/c1-3-27-19(26)15-14(13-8(2)24-25-18(13)28-17(15)22)11-7-9-6-10(20)4-5-12(9)23-16(11)21/h4-7,14H,3,22H2,1-2H3,(H,24,25). The molecule has 0 radical (unpaired) electrons. The van der Waals surface area contributed by atoms with Crippen molar-refractivity contribution in [3.8, 4) is 5.88 Å². The second-order valence-corrected chi connectivity index (χ2v) is 7.58. The van der Waals surface area contributed by atoms with Gasteiger partial charge in [0.15, 0.2) is 0 Å². The fourth-order valence-electron chi connectivity index (χ4n) is 3.36. The predicted molar refractivity (Wildman–Crippen MR) is 108 cm³/mol. The molecule has 0 fully saturated rings. The van der Waals surface area contributed by atoms with E-state index in [-0.39, 0.29) is 23.2 Å². The molecule has 0 saturated carbocycles. The fraction of sp³-hybridized carbons (Fsp3) is 0.211. The van der Waals surface area contributed by atoms with E-state index in [2.05, 4.69) is 31.1 Å². The number of pyridine rings is 1. The fourth-order valence-corrected chi connectivity index (χ4v) is 3.99. The lowest BCUT2D eigenvalue weighted by Crippen LogP contribution is -2.27. The van der Waals surface area contributed by atoms with Gasteiger partial charge < -0.3 is 15.2 Å². The number of esters is 1. The van der Waals surface area contributed by atoms with E-state index in [1.807, 2.05) is 31.2 Å². The Morgan fingerprint density at radius 1 is 1.43 bits per heavy atom. The van der Waals surface area contributed by atoms with Crippen LogP contribution >= 0.6 is 27.5 Å². The number of H-pyrrole nitrogens is 1. The van der Waals surface area contributed by atoms with Crippen LogP contribution in [0.2, 0.25) is 5.15 Å². The molecule has 1 aliphatic rings. The normalized spacial score (nSPS) is 16.1.